The summed E-state index contributed by atoms with van der Waals surface area (Å²) >= 11 is 0. The Balaban J connectivity index is 2.50. The van der Waals surface area contributed by atoms with Gasteiger partial charge in [0.25, 0.3) is 0 Å². The van der Waals surface area contributed by atoms with E-state index < -0.39 is 30.4 Å². The van der Waals surface area contributed by atoms with E-state index in [-0.39, 0.29) is 0 Å². The highest BCUT2D eigenvalue weighted by molar-refractivity contribution is 5.87. The van der Waals surface area contributed by atoms with Crippen LogP contribution in [0.4, 0.5) is 4.79 Å². The maximum atomic E-state index is 11.8. The van der Waals surface area contributed by atoms with Crippen molar-refractivity contribution in [3.63, 3.8) is 0 Å². The van der Waals surface area contributed by atoms with Gasteiger partial charge in [-0.25, -0.2) is 9.59 Å². The van der Waals surface area contributed by atoms with E-state index in [1.165, 1.54) is 0 Å². The highest BCUT2D eigenvalue weighted by Gasteiger charge is 2.26. The van der Waals surface area contributed by atoms with Crippen LogP contribution in [-0.2, 0) is 9.59 Å². The number of hydrogen-bond acceptors (Lipinski definition) is 3. The first-order valence-corrected chi connectivity index (χ1v) is 5.96. The first-order chi connectivity index (χ1) is 8.40. The number of aliphatic carboxylic acids is 1. The highest BCUT2D eigenvalue weighted by Crippen LogP contribution is 2.15. The molecule has 1 aliphatic rings. The second-order valence-corrected chi connectivity index (χ2v) is 4.68. The van der Waals surface area contributed by atoms with Crippen molar-refractivity contribution in [2.24, 2.45) is 11.7 Å². The monoisotopic (exact) mass is 257 g/mol. The van der Waals surface area contributed by atoms with E-state index in [4.69, 9.17) is 10.8 Å². The van der Waals surface area contributed by atoms with Crippen molar-refractivity contribution < 1.29 is 19.5 Å². The number of carbonyl (C=O) groups is 3. The smallest absolute Gasteiger partial charge is 0.326 e. The number of carboxylic acid groups (broad SMARTS) is 1. The van der Waals surface area contributed by atoms with Crippen LogP contribution >= 0.6 is 0 Å². The van der Waals surface area contributed by atoms with Gasteiger partial charge in [0.05, 0.1) is 6.42 Å². The molecule has 0 bridgehead atoms. The zero-order valence-corrected chi connectivity index (χ0v) is 10.4. The molecule has 0 aromatic heterocycles. The molecule has 0 aliphatic carbocycles. The minimum absolute atomic E-state index is 0.398. The molecule has 7 nitrogen and oxygen atoms in total. The van der Waals surface area contributed by atoms with Crippen molar-refractivity contribution in [1.29, 1.82) is 0 Å². The number of carboxylic acids is 1. The maximum Gasteiger partial charge on any atom is 0.326 e. The number of carbonyl (C=O) groups excluding carboxylic acids is 2. The third-order valence-corrected chi connectivity index (χ3v) is 3.07. The summed E-state index contributed by atoms with van der Waals surface area (Å²) in [6, 6.07) is -1.70. The SMILES string of the molecule is CC1CCN(C(=O)N[C@@H](CC(N)=O)C(=O)O)CC1. The first kappa shape index (κ1) is 14.3. The van der Waals surface area contributed by atoms with Gasteiger partial charge in [0.1, 0.15) is 6.04 Å². The molecule has 1 saturated heterocycles. The van der Waals surface area contributed by atoms with Crippen LogP contribution in [0.3, 0.4) is 0 Å². The Morgan fingerprint density at radius 2 is 1.94 bits per heavy atom. The Hall–Kier alpha value is -1.79. The van der Waals surface area contributed by atoms with Crippen LogP contribution in [0.25, 0.3) is 0 Å². The number of nitrogens with two attached hydrogens (primary N) is 1. The van der Waals surface area contributed by atoms with Crippen molar-refractivity contribution in [1.82, 2.24) is 10.2 Å². The Labute approximate surface area is 105 Å². The molecule has 0 aromatic carbocycles. The van der Waals surface area contributed by atoms with Crippen LogP contribution in [0.2, 0.25) is 0 Å². The van der Waals surface area contributed by atoms with E-state index >= 15 is 0 Å². The number of nitrogens with zero attached hydrogens (tertiary/aromatic N) is 1. The summed E-state index contributed by atoms with van der Waals surface area (Å²) in [5, 5.41) is 11.2. The van der Waals surface area contributed by atoms with Crippen LogP contribution in [0.5, 0.6) is 0 Å². The van der Waals surface area contributed by atoms with Crippen molar-refractivity contribution in [3.8, 4) is 0 Å². The Bertz CT molecular complexity index is 337. The van der Waals surface area contributed by atoms with Gasteiger partial charge in [-0.05, 0) is 18.8 Å². The van der Waals surface area contributed by atoms with E-state index in [0.717, 1.165) is 12.8 Å². The van der Waals surface area contributed by atoms with Crippen LogP contribution in [0, 0.1) is 5.92 Å². The second-order valence-electron chi connectivity index (χ2n) is 4.68. The van der Waals surface area contributed by atoms with Crippen molar-refractivity contribution in [2.75, 3.05) is 13.1 Å². The minimum atomic E-state index is -1.26. The molecule has 0 radical (unpaired) electrons. The van der Waals surface area contributed by atoms with Crippen molar-refractivity contribution >= 4 is 17.9 Å². The molecule has 1 rings (SSSR count). The molecule has 0 unspecified atom stereocenters. The average molecular weight is 257 g/mol. The zero-order valence-electron chi connectivity index (χ0n) is 10.4. The summed E-state index contributed by atoms with van der Waals surface area (Å²) < 4.78 is 0. The Morgan fingerprint density at radius 1 is 1.39 bits per heavy atom. The lowest BCUT2D eigenvalue weighted by molar-refractivity contribution is -0.141. The maximum absolute atomic E-state index is 11.8. The predicted molar refractivity (Wildman–Crippen MR) is 63.7 cm³/mol. The molecule has 4 N–H and O–H groups in total. The van der Waals surface area contributed by atoms with E-state index in [2.05, 4.69) is 12.2 Å². The van der Waals surface area contributed by atoms with Gasteiger partial charge < -0.3 is 21.1 Å². The fourth-order valence-corrected chi connectivity index (χ4v) is 1.85. The summed E-state index contributed by atoms with van der Waals surface area (Å²) in [7, 11) is 0. The molecule has 0 saturated carbocycles. The molecule has 3 amide bonds. The van der Waals surface area contributed by atoms with Gasteiger partial charge in [-0.3, -0.25) is 4.79 Å². The lowest BCUT2D eigenvalue weighted by Crippen LogP contribution is -2.51. The molecular formula is C11H19N3O4. The molecule has 18 heavy (non-hydrogen) atoms. The Kier molecular flexibility index (Phi) is 4.94. The molecule has 1 fully saturated rings. The molecule has 1 aliphatic heterocycles. The van der Waals surface area contributed by atoms with Crippen LogP contribution in [0.1, 0.15) is 26.2 Å². The number of piperidine rings is 1. The molecule has 1 heterocycles. The minimum Gasteiger partial charge on any atom is -0.480 e. The van der Waals surface area contributed by atoms with Gasteiger partial charge in [0.2, 0.25) is 5.91 Å². The number of hydrogen-bond donors (Lipinski definition) is 3. The molecule has 7 heteroatoms. The lowest BCUT2D eigenvalue weighted by atomic mass is 10.00. The fourth-order valence-electron chi connectivity index (χ4n) is 1.85. The summed E-state index contributed by atoms with van der Waals surface area (Å²) in [5.41, 5.74) is 4.94. The number of rotatable bonds is 4. The van der Waals surface area contributed by atoms with E-state index in [9.17, 15) is 14.4 Å². The third-order valence-electron chi connectivity index (χ3n) is 3.07. The number of nitrogens with one attached hydrogen (secondary N) is 1. The Morgan fingerprint density at radius 3 is 2.39 bits per heavy atom. The van der Waals surface area contributed by atoms with Gasteiger partial charge >= 0.3 is 12.0 Å². The van der Waals surface area contributed by atoms with Gasteiger partial charge in [0.15, 0.2) is 0 Å². The number of urea groups is 1. The lowest BCUT2D eigenvalue weighted by Gasteiger charge is -2.31. The molecule has 0 aromatic rings. The predicted octanol–water partition coefficient (Wildman–Crippen LogP) is -0.243. The molecule has 1 atom stereocenters. The summed E-state index contributed by atoms with van der Waals surface area (Å²) in [6.45, 7) is 3.33. The van der Waals surface area contributed by atoms with Crippen LogP contribution in [-0.4, -0.2) is 47.0 Å². The average Bonchev–Trinajstić information content (AvgIpc) is 2.28. The highest BCUT2D eigenvalue weighted by atomic mass is 16.4. The standard InChI is InChI=1S/C11H19N3O4/c1-7-2-4-14(5-3-7)11(18)13-8(10(16)17)6-9(12)15/h7-8H,2-6H2,1H3,(H2,12,15)(H,13,18)(H,16,17)/t8-/m0/s1. The van der Waals surface area contributed by atoms with Crippen molar-refractivity contribution in [3.05, 3.63) is 0 Å². The number of primary amides is 1. The molecule has 102 valence electrons. The zero-order chi connectivity index (χ0) is 13.7. The molecular weight excluding hydrogens is 238 g/mol. The quantitative estimate of drug-likeness (QED) is 0.644. The summed E-state index contributed by atoms with van der Waals surface area (Å²) in [5.74, 6) is -1.43. The first-order valence-electron chi connectivity index (χ1n) is 5.96. The van der Waals surface area contributed by atoms with Crippen molar-refractivity contribution in [2.45, 2.75) is 32.2 Å². The molecule has 0 spiro atoms. The second kappa shape index (κ2) is 6.23. The van der Waals surface area contributed by atoms with Crippen LogP contribution in [0.15, 0.2) is 0 Å². The van der Waals surface area contributed by atoms with Gasteiger partial charge in [0, 0.05) is 13.1 Å². The third kappa shape index (κ3) is 4.23. The van der Waals surface area contributed by atoms with E-state index in [0.29, 0.717) is 19.0 Å². The van der Waals surface area contributed by atoms with Gasteiger partial charge in [-0.15, -0.1) is 0 Å². The van der Waals surface area contributed by atoms with E-state index in [1.54, 1.807) is 4.90 Å². The van der Waals surface area contributed by atoms with E-state index in [1.807, 2.05) is 0 Å². The van der Waals surface area contributed by atoms with Gasteiger partial charge in [-0.2, -0.15) is 0 Å². The summed E-state index contributed by atoms with van der Waals surface area (Å²) in [4.78, 5) is 34.9. The topological polar surface area (TPSA) is 113 Å². The number of amides is 3. The number of likely N-dealkylation sites (tertiary alicyclic amines) is 1. The summed E-state index contributed by atoms with van der Waals surface area (Å²) in [6.07, 6.45) is 1.41. The van der Waals surface area contributed by atoms with Crippen LogP contribution < -0.4 is 11.1 Å². The fraction of sp³-hybridized carbons (Fsp3) is 0.727. The largest absolute Gasteiger partial charge is 0.480 e. The van der Waals surface area contributed by atoms with Gasteiger partial charge in [-0.1, -0.05) is 6.92 Å². The normalized spacial score (nSPS) is 18.2.